The van der Waals surface area contributed by atoms with Crippen LogP contribution in [-0.4, -0.2) is 36.8 Å². The molecule has 1 aromatic rings. The number of hydrogen-bond donors (Lipinski definition) is 1. The minimum atomic E-state index is 0.395. The Kier molecular flexibility index (Phi) is 4.29. The second-order valence-corrected chi connectivity index (χ2v) is 6.84. The zero-order valence-corrected chi connectivity index (χ0v) is 13.5. The van der Waals surface area contributed by atoms with Crippen LogP contribution in [-0.2, 0) is 4.74 Å². The van der Waals surface area contributed by atoms with Gasteiger partial charge in [0.25, 0.3) is 0 Å². The molecule has 20 heavy (non-hydrogen) atoms. The first-order valence-electron chi connectivity index (χ1n) is 7.79. The van der Waals surface area contributed by atoms with Crippen LogP contribution in [0, 0.1) is 6.92 Å². The van der Waals surface area contributed by atoms with E-state index in [0.29, 0.717) is 18.2 Å². The topological polar surface area (TPSA) is 37.4 Å². The summed E-state index contributed by atoms with van der Waals surface area (Å²) < 4.78 is 5.90. The normalized spacial score (nSPS) is 27.6. The summed E-state index contributed by atoms with van der Waals surface area (Å²) >= 11 is 1.86. The number of nitrogens with one attached hydrogen (secondary N) is 1. The maximum absolute atomic E-state index is 5.90. The fourth-order valence-electron chi connectivity index (χ4n) is 3.48. The second-order valence-electron chi connectivity index (χ2n) is 5.83. The molecular formula is C15H25N3OS. The van der Waals surface area contributed by atoms with E-state index in [2.05, 4.69) is 31.0 Å². The summed E-state index contributed by atoms with van der Waals surface area (Å²) in [5.41, 5.74) is 1.18. The van der Waals surface area contributed by atoms with E-state index in [1.165, 1.54) is 35.0 Å². The standard InChI is InChI=1S/C15H25N3OS/c1-4-16-10(2)14-11(3)17-15(20-14)18-8-9-19-13-7-5-6-12(13)18/h10,12-13,16H,4-9H2,1-3H3. The Labute approximate surface area is 125 Å². The highest BCUT2D eigenvalue weighted by Gasteiger charge is 2.37. The van der Waals surface area contributed by atoms with E-state index in [0.717, 1.165) is 19.7 Å². The summed E-state index contributed by atoms with van der Waals surface area (Å²) in [5, 5.41) is 4.69. The lowest BCUT2D eigenvalue weighted by Crippen LogP contribution is -2.48. The number of nitrogens with zero attached hydrogens (tertiary/aromatic N) is 2. The fourth-order valence-corrected chi connectivity index (χ4v) is 4.66. The molecule has 0 aromatic carbocycles. The summed E-state index contributed by atoms with van der Waals surface area (Å²) in [5.74, 6) is 0. The number of morpholine rings is 1. The van der Waals surface area contributed by atoms with E-state index in [4.69, 9.17) is 9.72 Å². The van der Waals surface area contributed by atoms with Crippen molar-refractivity contribution in [3.63, 3.8) is 0 Å². The average Bonchev–Trinajstić information content (AvgIpc) is 3.04. The van der Waals surface area contributed by atoms with E-state index in [1.807, 2.05) is 11.3 Å². The van der Waals surface area contributed by atoms with Gasteiger partial charge in [0.05, 0.1) is 24.4 Å². The van der Waals surface area contributed by atoms with Gasteiger partial charge in [0.15, 0.2) is 5.13 Å². The van der Waals surface area contributed by atoms with Crippen LogP contribution in [0.3, 0.4) is 0 Å². The number of fused-ring (bicyclic) bond motifs is 1. The van der Waals surface area contributed by atoms with Gasteiger partial charge in [0.2, 0.25) is 0 Å². The zero-order valence-electron chi connectivity index (χ0n) is 12.7. The summed E-state index contributed by atoms with van der Waals surface area (Å²) in [6, 6.07) is 0.947. The van der Waals surface area contributed by atoms with E-state index >= 15 is 0 Å². The smallest absolute Gasteiger partial charge is 0.186 e. The van der Waals surface area contributed by atoms with E-state index < -0.39 is 0 Å². The van der Waals surface area contributed by atoms with Crippen molar-refractivity contribution >= 4 is 16.5 Å². The largest absolute Gasteiger partial charge is 0.374 e. The average molecular weight is 295 g/mol. The maximum atomic E-state index is 5.90. The molecule has 5 heteroatoms. The zero-order chi connectivity index (χ0) is 14.1. The molecule has 2 heterocycles. The number of aryl methyl sites for hydroxylation is 1. The van der Waals surface area contributed by atoms with Crippen LogP contribution in [0.2, 0.25) is 0 Å². The summed E-state index contributed by atoms with van der Waals surface area (Å²) in [4.78, 5) is 8.73. The Morgan fingerprint density at radius 2 is 2.35 bits per heavy atom. The Morgan fingerprint density at radius 3 is 3.15 bits per heavy atom. The van der Waals surface area contributed by atoms with Gasteiger partial charge in [-0.2, -0.15) is 0 Å². The van der Waals surface area contributed by atoms with Crippen LogP contribution in [0.4, 0.5) is 5.13 Å². The predicted molar refractivity (Wildman–Crippen MR) is 83.7 cm³/mol. The number of hydrogen-bond acceptors (Lipinski definition) is 5. The van der Waals surface area contributed by atoms with E-state index in [-0.39, 0.29) is 0 Å². The molecule has 0 spiro atoms. The number of ether oxygens (including phenoxy) is 1. The van der Waals surface area contributed by atoms with Crippen molar-refractivity contribution in [2.75, 3.05) is 24.6 Å². The molecule has 112 valence electrons. The summed E-state index contributed by atoms with van der Waals surface area (Å²) in [7, 11) is 0. The molecular weight excluding hydrogens is 270 g/mol. The lowest BCUT2D eigenvalue weighted by Gasteiger charge is -2.37. The molecule has 3 atom stereocenters. The van der Waals surface area contributed by atoms with Gasteiger partial charge < -0.3 is 15.0 Å². The third-order valence-corrected chi connectivity index (χ3v) is 5.83. The molecule has 2 aliphatic rings. The van der Waals surface area contributed by atoms with Gasteiger partial charge in [-0.05, 0) is 39.7 Å². The molecule has 0 amide bonds. The first kappa shape index (κ1) is 14.3. The van der Waals surface area contributed by atoms with Gasteiger partial charge in [-0.15, -0.1) is 11.3 Å². The number of rotatable bonds is 4. The van der Waals surface area contributed by atoms with Crippen molar-refractivity contribution < 1.29 is 4.74 Å². The molecule has 0 bridgehead atoms. The monoisotopic (exact) mass is 295 g/mol. The second kappa shape index (κ2) is 6.00. The third-order valence-electron chi connectivity index (χ3n) is 4.45. The van der Waals surface area contributed by atoms with Crippen molar-refractivity contribution in [1.29, 1.82) is 0 Å². The highest BCUT2D eigenvalue weighted by Crippen LogP contribution is 2.37. The maximum Gasteiger partial charge on any atom is 0.186 e. The molecule has 1 aliphatic heterocycles. The molecule has 1 aromatic heterocycles. The van der Waals surface area contributed by atoms with E-state index in [1.54, 1.807) is 0 Å². The molecule has 0 radical (unpaired) electrons. The highest BCUT2D eigenvalue weighted by molar-refractivity contribution is 7.15. The van der Waals surface area contributed by atoms with Crippen molar-refractivity contribution in [2.24, 2.45) is 0 Å². The molecule has 1 saturated carbocycles. The van der Waals surface area contributed by atoms with Crippen LogP contribution in [0.5, 0.6) is 0 Å². The number of thiazole rings is 1. The van der Waals surface area contributed by atoms with Gasteiger partial charge in [-0.25, -0.2) is 4.98 Å². The molecule has 4 nitrogen and oxygen atoms in total. The molecule has 3 rings (SSSR count). The van der Waals surface area contributed by atoms with Crippen molar-refractivity contribution in [3.05, 3.63) is 10.6 Å². The Morgan fingerprint density at radius 1 is 1.50 bits per heavy atom. The van der Waals surface area contributed by atoms with Gasteiger partial charge in [-0.3, -0.25) is 0 Å². The lowest BCUT2D eigenvalue weighted by atomic mass is 10.1. The van der Waals surface area contributed by atoms with Crippen LogP contribution in [0.1, 0.15) is 49.7 Å². The van der Waals surface area contributed by atoms with Gasteiger partial charge in [0.1, 0.15) is 0 Å². The quantitative estimate of drug-likeness (QED) is 0.927. The first-order chi connectivity index (χ1) is 9.70. The van der Waals surface area contributed by atoms with Gasteiger partial charge >= 0.3 is 0 Å². The molecule has 1 N–H and O–H groups in total. The van der Waals surface area contributed by atoms with Crippen LogP contribution >= 0.6 is 11.3 Å². The molecule has 3 unspecified atom stereocenters. The lowest BCUT2D eigenvalue weighted by molar-refractivity contribution is 0.0256. The van der Waals surface area contributed by atoms with Crippen LogP contribution in [0.25, 0.3) is 0 Å². The SMILES string of the molecule is CCNC(C)c1sc(N2CCOC3CCCC32)nc1C. The minimum absolute atomic E-state index is 0.395. The van der Waals surface area contributed by atoms with Crippen LogP contribution in [0.15, 0.2) is 0 Å². The van der Waals surface area contributed by atoms with Crippen molar-refractivity contribution in [1.82, 2.24) is 10.3 Å². The number of aromatic nitrogens is 1. The minimum Gasteiger partial charge on any atom is -0.374 e. The summed E-state index contributed by atoms with van der Waals surface area (Å²) in [6.07, 6.45) is 4.19. The Bertz CT molecular complexity index is 462. The van der Waals surface area contributed by atoms with E-state index in [9.17, 15) is 0 Å². The van der Waals surface area contributed by atoms with Crippen molar-refractivity contribution in [3.8, 4) is 0 Å². The highest BCUT2D eigenvalue weighted by atomic mass is 32.1. The van der Waals surface area contributed by atoms with Gasteiger partial charge in [-0.1, -0.05) is 6.92 Å². The summed E-state index contributed by atoms with van der Waals surface area (Å²) in [6.45, 7) is 9.34. The predicted octanol–water partition coefficient (Wildman–Crippen LogP) is 2.88. The van der Waals surface area contributed by atoms with Gasteiger partial charge in [0, 0.05) is 17.5 Å². The Balaban J connectivity index is 1.81. The van der Waals surface area contributed by atoms with Crippen molar-refractivity contribution in [2.45, 2.75) is 58.2 Å². The number of anilines is 1. The molecule has 2 fully saturated rings. The molecule has 1 saturated heterocycles. The Hall–Kier alpha value is -0.650. The molecule has 1 aliphatic carbocycles. The first-order valence-corrected chi connectivity index (χ1v) is 8.61. The van der Waals surface area contributed by atoms with Crippen LogP contribution < -0.4 is 10.2 Å². The fraction of sp³-hybridized carbons (Fsp3) is 0.800. The third kappa shape index (κ3) is 2.59.